The van der Waals surface area contributed by atoms with Crippen LogP contribution in [0.3, 0.4) is 0 Å². The van der Waals surface area contributed by atoms with Crippen LogP contribution in [0.1, 0.15) is 59.3 Å². The van der Waals surface area contributed by atoms with E-state index in [1.807, 2.05) is 13.0 Å². The van der Waals surface area contributed by atoms with E-state index in [0.717, 1.165) is 18.8 Å². The molecule has 3 atom stereocenters. The van der Waals surface area contributed by atoms with E-state index < -0.39 is 0 Å². The molecule has 2 unspecified atom stereocenters. The number of allylic oxidation sites excluding steroid dienone is 2. The van der Waals surface area contributed by atoms with Crippen molar-refractivity contribution in [3.8, 4) is 0 Å². The maximum atomic E-state index is 13.7. The summed E-state index contributed by atoms with van der Waals surface area (Å²) in [5, 5.41) is 0. The van der Waals surface area contributed by atoms with E-state index in [2.05, 4.69) is 13.8 Å². The lowest BCUT2D eigenvalue weighted by Crippen LogP contribution is -1.99. The highest BCUT2D eigenvalue weighted by molar-refractivity contribution is 4.98. The fourth-order valence-corrected chi connectivity index (χ4v) is 2.29. The topological polar surface area (TPSA) is 0 Å². The Morgan fingerprint density at radius 3 is 2.40 bits per heavy atom. The first-order valence-electron chi connectivity index (χ1n) is 6.46. The van der Waals surface area contributed by atoms with Gasteiger partial charge in [-0.1, -0.05) is 46.5 Å². The molecule has 0 amide bonds. The van der Waals surface area contributed by atoms with Crippen molar-refractivity contribution in [1.82, 2.24) is 0 Å². The molecule has 15 heavy (non-hydrogen) atoms. The third-order valence-electron chi connectivity index (χ3n) is 3.61. The monoisotopic (exact) mass is 212 g/mol. The van der Waals surface area contributed by atoms with E-state index in [4.69, 9.17) is 0 Å². The highest BCUT2D eigenvalue weighted by Crippen LogP contribution is 2.26. The van der Waals surface area contributed by atoms with Crippen LogP contribution < -0.4 is 0 Å². The lowest BCUT2D eigenvalue weighted by atomic mass is 9.94. The first-order chi connectivity index (χ1) is 7.09. The van der Waals surface area contributed by atoms with Crippen molar-refractivity contribution in [3.05, 3.63) is 11.9 Å². The van der Waals surface area contributed by atoms with Crippen LogP contribution in [-0.2, 0) is 0 Å². The van der Waals surface area contributed by atoms with Gasteiger partial charge in [-0.3, -0.25) is 0 Å². The van der Waals surface area contributed by atoms with E-state index in [0.29, 0.717) is 5.92 Å². The Hall–Kier alpha value is -0.330. The van der Waals surface area contributed by atoms with Crippen molar-refractivity contribution in [2.75, 3.05) is 0 Å². The molecule has 0 aromatic carbocycles. The van der Waals surface area contributed by atoms with Crippen LogP contribution in [0.4, 0.5) is 4.39 Å². The van der Waals surface area contributed by atoms with Gasteiger partial charge in [0.05, 0.1) is 5.83 Å². The molecule has 1 heteroatoms. The van der Waals surface area contributed by atoms with Crippen LogP contribution in [0.2, 0.25) is 0 Å². The highest BCUT2D eigenvalue weighted by atomic mass is 19.1. The molecule has 0 aliphatic heterocycles. The Kier molecular flexibility index (Phi) is 5.35. The summed E-state index contributed by atoms with van der Waals surface area (Å²) in [6.07, 6.45) is 9.03. The predicted octanol–water partition coefficient (Wildman–Crippen LogP) is 5.10. The van der Waals surface area contributed by atoms with Gasteiger partial charge in [0.2, 0.25) is 0 Å². The Morgan fingerprint density at radius 1 is 1.00 bits per heavy atom. The van der Waals surface area contributed by atoms with Gasteiger partial charge in [0.25, 0.3) is 0 Å². The average molecular weight is 212 g/mol. The summed E-state index contributed by atoms with van der Waals surface area (Å²) in [4.78, 5) is 0. The Balaban J connectivity index is 2.57. The van der Waals surface area contributed by atoms with Crippen molar-refractivity contribution in [2.45, 2.75) is 59.3 Å². The molecule has 1 aliphatic carbocycles. The standard InChI is InChI=1S/C14H25F/c1-11-6-4-5-7-13(3)14(15)10-12(2)9-8-11/h10-13H,4-9H2,1-3H3/b14-10+/t11-,12?,13?/m0/s1. The smallest absolute Gasteiger partial charge is 0.0990 e. The van der Waals surface area contributed by atoms with Crippen molar-refractivity contribution in [2.24, 2.45) is 17.8 Å². The quantitative estimate of drug-likeness (QED) is 0.524. The molecule has 0 nitrogen and oxygen atoms in total. The summed E-state index contributed by atoms with van der Waals surface area (Å²) in [6, 6.07) is 0. The van der Waals surface area contributed by atoms with Gasteiger partial charge in [-0.25, -0.2) is 4.39 Å². The van der Waals surface area contributed by atoms with Gasteiger partial charge in [0, 0.05) is 5.92 Å². The second-order valence-electron chi connectivity index (χ2n) is 5.40. The Labute approximate surface area is 94.0 Å². The molecule has 0 bridgehead atoms. The van der Waals surface area contributed by atoms with Crippen LogP contribution >= 0.6 is 0 Å². The summed E-state index contributed by atoms with van der Waals surface area (Å²) in [7, 11) is 0. The second-order valence-corrected chi connectivity index (χ2v) is 5.40. The number of halogens is 1. The van der Waals surface area contributed by atoms with Gasteiger partial charge in [-0.05, 0) is 30.8 Å². The molecule has 0 radical (unpaired) electrons. The molecule has 0 fully saturated rings. The molecule has 0 N–H and O–H groups in total. The normalized spacial score (nSPS) is 38.9. The minimum atomic E-state index is 0.122. The summed E-state index contributed by atoms with van der Waals surface area (Å²) >= 11 is 0. The van der Waals surface area contributed by atoms with Gasteiger partial charge in [0.15, 0.2) is 0 Å². The molecule has 0 aromatic heterocycles. The van der Waals surface area contributed by atoms with Crippen LogP contribution in [0.25, 0.3) is 0 Å². The Bertz CT molecular complexity index is 207. The minimum absolute atomic E-state index is 0.122. The maximum absolute atomic E-state index is 13.7. The summed E-state index contributed by atoms with van der Waals surface area (Å²) in [5.74, 6) is 1.49. The summed E-state index contributed by atoms with van der Waals surface area (Å²) in [6.45, 7) is 6.48. The molecule has 0 heterocycles. The number of hydrogen-bond acceptors (Lipinski definition) is 0. The molecular weight excluding hydrogens is 187 g/mol. The summed E-state index contributed by atoms with van der Waals surface area (Å²) in [5.41, 5.74) is 0. The van der Waals surface area contributed by atoms with Crippen molar-refractivity contribution >= 4 is 0 Å². The largest absolute Gasteiger partial charge is 0.212 e. The molecule has 0 saturated heterocycles. The Morgan fingerprint density at radius 2 is 1.67 bits per heavy atom. The number of rotatable bonds is 0. The third-order valence-corrected chi connectivity index (χ3v) is 3.61. The maximum Gasteiger partial charge on any atom is 0.0990 e. The van der Waals surface area contributed by atoms with E-state index in [-0.39, 0.29) is 11.7 Å². The van der Waals surface area contributed by atoms with E-state index >= 15 is 0 Å². The van der Waals surface area contributed by atoms with E-state index in [1.54, 1.807) is 0 Å². The van der Waals surface area contributed by atoms with Crippen LogP contribution in [0.5, 0.6) is 0 Å². The van der Waals surface area contributed by atoms with Gasteiger partial charge in [-0.15, -0.1) is 0 Å². The van der Waals surface area contributed by atoms with Crippen molar-refractivity contribution in [1.29, 1.82) is 0 Å². The van der Waals surface area contributed by atoms with Crippen molar-refractivity contribution < 1.29 is 4.39 Å². The molecular formula is C14H25F. The fraction of sp³-hybridized carbons (Fsp3) is 0.857. The molecule has 0 spiro atoms. The van der Waals surface area contributed by atoms with Gasteiger partial charge in [-0.2, -0.15) is 0 Å². The first-order valence-corrected chi connectivity index (χ1v) is 6.46. The highest BCUT2D eigenvalue weighted by Gasteiger charge is 2.13. The average Bonchev–Trinajstić information content (AvgIpc) is 2.21. The SMILES string of the molecule is CC1/C=C(/F)C(C)CCCC[C@H](C)CC1. The predicted molar refractivity (Wildman–Crippen MR) is 64.4 cm³/mol. The molecule has 88 valence electrons. The van der Waals surface area contributed by atoms with Gasteiger partial charge < -0.3 is 0 Å². The van der Waals surface area contributed by atoms with Crippen LogP contribution in [0, 0.1) is 17.8 Å². The third kappa shape index (κ3) is 4.81. The molecule has 1 aliphatic rings. The lowest BCUT2D eigenvalue weighted by Gasteiger charge is -2.12. The van der Waals surface area contributed by atoms with Crippen LogP contribution in [-0.4, -0.2) is 0 Å². The molecule has 1 rings (SSSR count). The molecule has 0 saturated carbocycles. The summed E-state index contributed by atoms with van der Waals surface area (Å²) < 4.78 is 13.7. The molecule has 0 aromatic rings. The van der Waals surface area contributed by atoms with Gasteiger partial charge in [0.1, 0.15) is 0 Å². The zero-order valence-electron chi connectivity index (χ0n) is 10.4. The van der Waals surface area contributed by atoms with Crippen molar-refractivity contribution in [3.63, 3.8) is 0 Å². The van der Waals surface area contributed by atoms with Crippen LogP contribution in [0.15, 0.2) is 11.9 Å². The zero-order chi connectivity index (χ0) is 11.3. The lowest BCUT2D eigenvalue weighted by molar-refractivity contribution is 0.419. The van der Waals surface area contributed by atoms with Gasteiger partial charge >= 0.3 is 0 Å². The zero-order valence-corrected chi connectivity index (χ0v) is 10.4. The number of hydrogen-bond donors (Lipinski definition) is 0. The second kappa shape index (κ2) is 6.30. The fourth-order valence-electron chi connectivity index (χ4n) is 2.29. The first kappa shape index (κ1) is 12.7. The van der Waals surface area contributed by atoms with E-state index in [9.17, 15) is 4.39 Å². The van der Waals surface area contributed by atoms with E-state index in [1.165, 1.54) is 25.7 Å². The minimum Gasteiger partial charge on any atom is -0.212 e.